The van der Waals surface area contributed by atoms with Crippen molar-refractivity contribution < 1.29 is 19.4 Å². The molecular formula is C14H22N4O4. The lowest BCUT2D eigenvalue weighted by molar-refractivity contribution is -0.143. The Balaban J connectivity index is 2.17. The molecule has 0 aliphatic carbocycles. The number of hydrogen-bond donors (Lipinski definition) is 1. The molecule has 8 heteroatoms. The number of ether oxygens (including phenoxy) is 1. The van der Waals surface area contributed by atoms with Gasteiger partial charge in [0.05, 0.1) is 19.5 Å². The minimum atomic E-state index is -0.934. The van der Waals surface area contributed by atoms with Gasteiger partial charge in [0.15, 0.2) is 0 Å². The zero-order valence-corrected chi connectivity index (χ0v) is 13.6. The third-order valence-corrected chi connectivity index (χ3v) is 3.43. The van der Waals surface area contributed by atoms with Crippen LogP contribution in [0.25, 0.3) is 0 Å². The fourth-order valence-electron chi connectivity index (χ4n) is 2.69. The second-order valence-corrected chi connectivity index (χ2v) is 6.75. The first-order chi connectivity index (χ1) is 10.0. The number of aromatic nitrogens is 3. The van der Waals surface area contributed by atoms with Crippen molar-refractivity contribution in [2.75, 3.05) is 13.1 Å². The van der Waals surface area contributed by atoms with Gasteiger partial charge in [-0.1, -0.05) is 0 Å². The quantitative estimate of drug-likeness (QED) is 0.904. The van der Waals surface area contributed by atoms with Gasteiger partial charge in [0, 0.05) is 0 Å². The highest BCUT2D eigenvalue weighted by Crippen LogP contribution is 2.34. The number of carbonyl (C=O) groups is 2. The Morgan fingerprint density at radius 2 is 1.91 bits per heavy atom. The van der Waals surface area contributed by atoms with Crippen LogP contribution in [-0.2, 0) is 15.1 Å². The number of nitrogens with zero attached hydrogens (tertiary/aromatic N) is 4. The normalized spacial score (nSPS) is 17.0. The molecule has 2 rings (SSSR count). The second kappa shape index (κ2) is 5.26. The first-order valence-corrected chi connectivity index (χ1v) is 7.13. The smallest absolute Gasteiger partial charge is 0.410 e. The molecular weight excluding hydrogens is 288 g/mol. The summed E-state index contributed by atoms with van der Waals surface area (Å²) in [6, 6.07) is 0. The summed E-state index contributed by atoms with van der Waals surface area (Å²) < 4.78 is 6.93. The third kappa shape index (κ3) is 3.20. The van der Waals surface area contributed by atoms with Crippen LogP contribution in [0.2, 0.25) is 0 Å². The summed E-state index contributed by atoms with van der Waals surface area (Å²) in [5.41, 5.74) is -1.34. The van der Waals surface area contributed by atoms with Gasteiger partial charge in [-0.15, -0.1) is 0 Å². The molecule has 1 aromatic heterocycles. The Kier molecular flexibility index (Phi) is 3.88. The summed E-state index contributed by atoms with van der Waals surface area (Å²) in [4.78, 5) is 29.0. The van der Waals surface area contributed by atoms with Gasteiger partial charge in [0.1, 0.15) is 22.8 Å². The molecule has 1 N–H and O–H groups in total. The minimum Gasteiger partial charge on any atom is -0.481 e. The number of aliphatic carboxylic acids is 1. The summed E-state index contributed by atoms with van der Waals surface area (Å²) in [5, 5.41) is 13.5. The van der Waals surface area contributed by atoms with Crippen LogP contribution in [0.3, 0.4) is 0 Å². The van der Waals surface area contributed by atoms with Gasteiger partial charge in [-0.25, -0.2) is 14.5 Å². The maximum Gasteiger partial charge on any atom is 0.410 e. The average molecular weight is 310 g/mol. The molecule has 122 valence electrons. The minimum absolute atomic E-state index is 0.115. The van der Waals surface area contributed by atoms with Crippen molar-refractivity contribution in [1.29, 1.82) is 0 Å². The van der Waals surface area contributed by atoms with E-state index in [0.29, 0.717) is 11.6 Å². The third-order valence-electron chi connectivity index (χ3n) is 3.43. The van der Waals surface area contributed by atoms with E-state index in [1.54, 1.807) is 39.3 Å². The van der Waals surface area contributed by atoms with Gasteiger partial charge >= 0.3 is 12.1 Å². The lowest BCUT2D eigenvalue weighted by Crippen LogP contribution is -2.66. The highest BCUT2D eigenvalue weighted by molar-refractivity contribution is 5.72. The van der Waals surface area contributed by atoms with Crippen molar-refractivity contribution in [3.63, 3.8) is 0 Å². The molecule has 0 atom stereocenters. The molecule has 0 unspecified atom stereocenters. The maximum absolute atomic E-state index is 12.0. The summed E-state index contributed by atoms with van der Waals surface area (Å²) in [6.07, 6.45) is -0.557. The highest BCUT2D eigenvalue weighted by Gasteiger charge is 2.51. The van der Waals surface area contributed by atoms with Gasteiger partial charge < -0.3 is 14.7 Å². The average Bonchev–Trinajstić information content (AvgIpc) is 2.59. The first-order valence-electron chi connectivity index (χ1n) is 7.13. The fraction of sp³-hybridized carbons (Fsp3) is 0.714. The van der Waals surface area contributed by atoms with E-state index >= 15 is 0 Å². The number of carboxylic acid groups (broad SMARTS) is 1. The number of likely N-dealkylation sites (tertiary alicyclic amines) is 1. The van der Waals surface area contributed by atoms with Crippen molar-refractivity contribution in [1.82, 2.24) is 19.7 Å². The largest absolute Gasteiger partial charge is 0.481 e. The van der Waals surface area contributed by atoms with Crippen molar-refractivity contribution in [2.24, 2.45) is 0 Å². The van der Waals surface area contributed by atoms with Crippen LogP contribution < -0.4 is 0 Å². The number of amides is 1. The lowest BCUT2D eigenvalue weighted by Gasteiger charge is -2.49. The Morgan fingerprint density at radius 1 is 1.32 bits per heavy atom. The number of carbonyl (C=O) groups excluding carboxylic acids is 1. The van der Waals surface area contributed by atoms with Crippen LogP contribution in [0.5, 0.6) is 0 Å². The molecule has 2 heterocycles. The Labute approximate surface area is 129 Å². The van der Waals surface area contributed by atoms with E-state index in [-0.39, 0.29) is 19.5 Å². The number of aryl methyl sites for hydroxylation is 2. The first kappa shape index (κ1) is 16.3. The van der Waals surface area contributed by atoms with E-state index in [4.69, 9.17) is 4.74 Å². The van der Waals surface area contributed by atoms with Gasteiger partial charge in [0.25, 0.3) is 0 Å². The van der Waals surface area contributed by atoms with Crippen LogP contribution in [0, 0.1) is 13.8 Å². The molecule has 1 amide bonds. The molecule has 1 fully saturated rings. The van der Waals surface area contributed by atoms with Crippen molar-refractivity contribution in [3.8, 4) is 0 Å². The van der Waals surface area contributed by atoms with Crippen molar-refractivity contribution in [3.05, 3.63) is 11.6 Å². The van der Waals surface area contributed by atoms with E-state index in [1.807, 2.05) is 0 Å². The summed E-state index contributed by atoms with van der Waals surface area (Å²) in [5.74, 6) is 0.289. The SMILES string of the molecule is Cc1nc(C)n(C2(CC(=O)O)CN(C(=O)OC(C)(C)C)C2)n1. The Morgan fingerprint density at radius 3 is 2.32 bits per heavy atom. The van der Waals surface area contributed by atoms with Crippen LogP contribution in [-0.4, -0.2) is 55.5 Å². The molecule has 22 heavy (non-hydrogen) atoms. The van der Waals surface area contributed by atoms with E-state index < -0.39 is 23.2 Å². The van der Waals surface area contributed by atoms with Gasteiger partial charge in [0.2, 0.25) is 0 Å². The monoisotopic (exact) mass is 310 g/mol. The molecule has 0 saturated carbocycles. The van der Waals surface area contributed by atoms with E-state index in [0.717, 1.165) is 0 Å². The summed E-state index contributed by atoms with van der Waals surface area (Å²) in [7, 11) is 0. The summed E-state index contributed by atoms with van der Waals surface area (Å²) >= 11 is 0. The van der Waals surface area contributed by atoms with E-state index in [1.165, 1.54) is 4.90 Å². The number of hydrogen-bond acceptors (Lipinski definition) is 5. The Bertz CT molecular complexity index is 596. The van der Waals surface area contributed by atoms with Crippen LogP contribution in [0.4, 0.5) is 4.79 Å². The molecule has 1 aliphatic rings. The molecule has 0 spiro atoms. The van der Waals surface area contributed by atoms with Crippen molar-refractivity contribution >= 4 is 12.1 Å². The fourth-order valence-corrected chi connectivity index (χ4v) is 2.69. The topological polar surface area (TPSA) is 97.6 Å². The maximum atomic E-state index is 12.0. The van der Waals surface area contributed by atoms with Crippen LogP contribution >= 0.6 is 0 Å². The second-order valence-electron chi connectivity index (χ2n) is 6.75. The van der Waals surface area contributed by atoms with Crippen LogP contribution in [0.1, 0.15) is 38.8 Å². The molecule has 1 aliphatic heterocycles. The lowest BCUT2D eigenvalue weighted by atomic mass is 9.86. The standard InChI is InChI=1S/C14H22N4O4/c1-9-15-10(2)18(16-9)14(6-11(19)20)7-17(8-14)12(21)22-13(3,4)5/h6-8H2,1-5H3,(H,19,20). The molecule has 1 aromatic rings. The molecule has 0 aromatic carbocycles. The van der Waals surface area contributed by atoms with Gasteiger partial charge in [-0.2, -0.15) is 5.10 Å². The summed E-state index contributed by atoms with van der Waals surface area (Å²) in [6.45, 7) is 9.40. The zero-order chi connectivity index (χ0) is 16.7. The molecule has 0 bridgehead atoms. The van der Waals surface area contributed by atoms with E-state index in [9.17, 15) is 14.7 Å². The predicted octanol–water partition coefficient (Wildman–Crippen LogP) is 1.32. The Hall–Kier alpha value is -2.12. The zero-order valence-electron chi connectivity index (χ0n) is 13.6. The predicted molar refractivity (Wildman–Crippen MR) is 77.5 cm³/mol. The molecule has 0 radical (unpaired) electrons. The molecule has 8 nitrogen and oxygen atoms in total. The number of rotatable bonds is 3. The van der Waals surface area contributed by atoms with E-state index in [2.05, 4.69) is 10.1 Å². The van der Waals surface area contributed by atoms with Crippen molar-refractivity contribution in [2.45, 2.75) is 52.2 Å². The van der Waals surface area contributed by atoms with Gasteiger partial charge in [-0.05, 0) is 34.6 Å². The van der Waals surface area contributed by atoms with Gasteiger partial charge in [-0.3, -0.25) is 4.79 Å². The molecule has 1 saturated heterocycles. The van der Waals surface area contributed by atoms with Crippen LogP contribution in [0.15, 0.2) is 0 Å². The highest BCUT2D eigenvalue weighted by atomic mass is 16.6. The number of carboxylic acids is 1.